The fourth-order valence-corrected chi connectivity index (χ4v) is 2.30. The van der Waals surface area contributed by atoms with E-state index in [2.05, 4.69) is 0 Å². The summed E-state index contributed by atoms with van der Waals surface area (Å²) < 4.78 is 0. The Morgan fingerprint density at radius 1 is 0.905 bits per heavy atom. The molecule has 0 heterocycles. The molecule has 2 aromatic rings. The molecular formula is C18H18O3. The Kier molecular flexibility index (Phi) is 4.99. The van der Waals surface area contributed by atoms with Gasteiger partial charge in [-0.3, -0.25) is 14.4 Å². The first-order valence-electron chi connectivity index (χ1n) is 7.16. The van der Waals surface area contributed by atoms with Gasteiger partial charge in [0, 0.05) is 12.8 Å². The number of hydrogen-bond donors (Lipinski definition) is 0. The molecule has 2 rings (SSSR count). The van der Waals surface area contributed by atoms with E-state index in [0.717, 1.165) is 16.3 Å². The second-order valence-electron chi connectivity index (χ2n) is 5.05. The topological polar surface area (TPSA) is 51.2 Å². The molecule has 0 N–H and O–H groups in total. The second kappa shape index (κ2) is 6.93. The van der Waals surface area contributed by atoms with Gasteiger partial charge in [0.25, 0.3) is 0 Å². The SMILES string of the molecule is CCC(=O)CC(=O)C(=O)CCc1cccc2ccccc12. The number of Topliss-reactive ketones (excluding diaryl/α,β-unsaturated/α-hetero) is 3. The molecule has 0 saturated heterocycles. The van der Waals surface area contributed by atoms with Crippen molar-refractivity contribution in [3.63, 3.8) is 0 Å². The summed E-state index contributed by atoms with van der Waals surface area (Å²) in [6.07, 6.45) is 0.712. The molecule has 0 aliphatic heterocycles. The Labute approximate surface area is 124 Å². The molecule has 0 bridgehead atoms. The summed E-state index contributed by atoms with van der Waals surface area (Å²) in [4.78, 5) is 34.6. The maximum Gasteiger partial charge on any atom is 0.205 e. The van der Waals surface area contributed by atoms with E-state index in [1.54, 1.807) is 6.92 Å². The van der Waals surface area contributed by atoms with Crippen LogP contribution in [0.15, 0.2) is 42.5 Å². The normalized spacial score (nSPS) is 10.5. The van der Waals surface area contributed by atoms with E-state index in [9.17, 15) is 14.4 Å². The van der Waals surface area contributed by atoms with Crippen molar-refractivity contribution in [3.8, 4) is 0 Å². The molecule has 0 aliphatic rings. The molecule has 0 atom stereocenters. The number of rotatable bonds is 7. The second-order valence-corrected chi connectivity index (χ2v) is 5.05. The van der Waals surface area contributed by atoms with Crippen LogP contribution in [-0.2, 0) is 20.8 Å². The van der Waals surface area contributed by atoms with Crippen molar-refractivity contribution in [2.24, 2.45) is 0 Å². The van der Waals surface area contributed by atoms with E-state index < -0.39 is 11.6 Å². The third-order valence-electron chi connectivity index (χ3n) is 3.56. The summed E-state index contributed by atoms with van der Waals surface area (Å²) in [7, 11) is 0. The van der Waals surface area contributed by atoms with Gasteiger partial charge in [0.2, 0.25) is 5.78 Å². The number of carbonyl (C=O) groups excluding carboxylic acids is 3. The predicted octanol–water partition coefficient (Wildman–Crippen LogP) is 3.28. The number of fused-ring (bicyclic) bond motifs is 1. The van der Waals surface area contributed by atoms with Crippen LogP contribution < -0.4 is 0 Å². The van der Waals surface area contributed by atoms with Gasteiger partial charge in [0.15, 0.2) is 5.78 Å². The van der Waals surface area contributed by atoms with E-state index in [-0.39, 0.29) is 18.6 Å². The lowest BCUT2D eigenvalue weighted by molar-refractivity contribution is -0.138. The molecule has 2 aromatic carbocycles. The Bertz CT molecular complexity index is 680. The van der Waals surface area contributed by atoms with Crippen LogP contribution in [0.2, 0.25) is 0 Å². The van der Waals surface area contributed by atoms with Crippen molar-refractivity contribution in [1.82, 2.24) is 0 Å². The lowest BCUT2D eigenvalue weighted by atomic mass is 9.98. The van der Waals surface area contributed by atoms with Crippen LogP contribution in [0.4, 0.5) is 0 Å². The summed E-state index contributed by atoms with van der Waals surface area (Å²) >= 11 is 0. The first-order valence-corrected chi connectivity index (χ1v) is 7.16. The van der Waals surface area contributed by atoms with Crippen LogP contribution in [0, 0.1) is 0 Å². The Balaban J connectivity index is 2.03. The first kappa shape index (κ1) is 15.1. The molecule has 21 heavy (non-hydrogen) atoms. The van der Waals surface area contributed by atoms with Crippen LogP contribution in [0.5, 0.6) is 0 Å². The van der Waals surface area contributed by atoms with Gasteiger partial charge >= 0.3 is 0 Å². The van der Waals surface area contributed by atoms with Gasteiger partial charge in [-0.2, -0.15) is 0 Å². The summed E-state index contributed by atoms with van der Waals surface area (Å²) in [6, 6.07) is 13.9. The molecular weight excluding hydrogens is 264 g/mol. The van der Waals surface area contributed by atoms with Crippen molar-refractivity contribution in [1.29, 1.82) is 0 Å². The van der Waals surface area contributed by atoms with Crippen molar-refractivity contribution < 1.29 is 14.4 Å². The van der Waals surface area contributed by atoms with Crippen LogP contribution in [0.1, 0.15) is 31.7 Å². The lowest BCUT2D eigenvalue weighted by Gasteiger charge is -2.05. The Morgan fingerprint density at radius 2 is 1.62 bits per heavy atom. The Hall–Kier alpha value is -2.29. The van der Waals surface area contributed by atoms with E-state index in [1.807, 2.05) is 42.5 Å². The maximum absolute atomic E-state index is 11.8. The number of ketones is 3. The number of benzene rings is 2. The third-order valence-corrected chi connectivity index (χ3v) is 3.56. The fourth-order valence-electron chi connectivity index (χ4n) is 2.30. The molecule has 0 radical (unpaired) electrons. The number of hydrogen-bond acceptors (Lipinski definition) is 3. The Morgan fingerprint density at radius 3 is 2.38 bits per heavy atom. The van der Waals surface area contributed by atoms with Crippen LogP contribution in [-0.4, -0.2) is 17.3 Å². The fraction of sp³-hybridized carbons (Fsp3) is 0.278. The molecule has 0 fully saturated rings. The zero-order valence-corrected chi connectivity index (χ0v) is 12.1. The van der Waals surface area contributed by atoms with Crippen molar-refractivity contribution in [2.45, 2.75) is 32.6 Å². The molecule has 3 heteroatoms. The average Bonchev–Trinajstić information content (AvgIpc) is 2.52. The molecule has 3 nitrogen and oxygen atoms in total. The van der Waals surface area contributed by atoms with Crippen LogP contribution in [0.25, 0.3) is 10.8 Å². The minimum Gasteiger partial charge on any atom is -0.299 e. The van der Waals surface area contributed by atoms with E-state index in [1.165, 1.54) is 0 Å². The highest BCUT2D eigenvalue weighted by molar-refractivity contribution is 6.40. The zero-order chi connectivity index (χ0) is 15.2. The average molecular weight is 282 g/mol. The molecule has 0 aromatic heterocycles. The molecule has 0 saturated carbocycles. The maximum atomic E-state index is 11.8. The van der Waals surface area contributed by atoms with Crippen LogP contribution in [0.3, 0.4) is 0 Å². The minimum absolute atomic E-state index is 0.157. The number of carbonyl (C=O) groups is 3. The van der Waals surface area contributed by atoms with E-state index in [0.29, 0.717) is 12.8 Å². The smallest absolute Gasteiger partial charge is 0.205 e. The van der Waals surface area contributed by atoms with Crippen molar-refractivity contribution >= 4 is 28.1 Å². The number of aryl methyl sites for hydroxylation is 1. The first-order chi connectivity index (χ1) is 10.1. The quantitative estimate of drug-likeness (QED) is 0.578. The predicted molar refractivity (Wildman–Crippen MR) is 82.2 cm³/mol. The van der Waals surface area contributed by atoms with E-state index in [4.69, 9.17) is 0 Å². The van der Waals surface area contributed by atoms with Gasteiger partial charge in [0.05, 0.1) is 6.42 Å². The summed E-state index contributed by atoms with van der Waals surface area (Å²) in [5, 5.41) is 2.22. The standard InChI is InChI=1S/C18H18O3/c1-2-15(19)12-18(21)17(20)11-10-14-8-5-7-13-6-3-4-9-16(13)14/h3-9H,2,10-12H2,1H3. The van der Waals surface area contributed by atoms with Crippen LogP contribution >= 0.6 is 0 Å². The van der Waals surface area contributed by atoms with Gasteiger partial charge in [0.1, 0.15) is 5.78 Å². The molecule has 0 aliphatic carbocycles. The molecule has 108 valence electrons. The van der Waals surface area contributed by atoms with Crippen molar-refractivity contribution in [3.05, 3.63) is 48.0 Å². The molecule has 0 unspecified atom stereocenters. The van der Waals surface area contributed by atoms with Gasteiger partial charge < -0.3 is 0 Å². The highest BCUT2D eigenvalue weighted by Crippen LogP contribution is 2.19. The zero-order valence-electron chi connectivity index (χ0n) is 12.1. The van der Waals surface area contributed by atoms with Gasteiger partial charge in [-0.05, 0) is 22.8 Å². The lowest BCUT2D eigenvalue weighted by Crippen LogP contribution is -2.18. The largest absolute Gasteiger partial charge is 0.299 e. The monoisotopic (exact) mass is 282 g/mol. The van der Waals surface area contributed by atoms with E-state index >= 15 is 0 Å². The summed E-state index contributed by atoms with van der Waals surface area (Å²) in [5.41, 5.74) is 1.05. The third kappa shape index (κ3) is 3.85. The van der Waals surface area contributed by atoms with Crippen molar-refractivity contribution in [2.75, 3.05) is 0 Å². The minimum atomic E-state index is -0.568. The summed E-state index contributed by atoms with van der Waals surface area (Å²) in [6.45, 7) is 1.69. The summed E-state index contributed by atoms with van der Waals surface area (Å²) in [5.74, 6) is -1.20. The highest BCUT2D eigenvalue weighted by atomic mass is 16.2. The molecule has 0 spiro atoms. The van der Waals surface area contributed by atoms with Gasteiger partial charge in [-0.25, -0.2) is 0 Å². The highest BCUT2D eigenvalue weighted by Gasteiger charge is 2.16. The van der Waals surface area contributed by atoms with Gasteiger partial charge in [-0.15, -0.1) is 0 Å². The molecule has 0 amide bonds. The van der Waals surface area contributed by atoms with Gasteiger partial charge in [-0.1, -0.05) is 49.4 Å².